The van der Waals surface area contributed by atoms with Gasteiger partial charge in [0.05, 0.1) is 30.0 Å². The van der Waals surface area contributed by atoms with Gasteiger partial charge in [0.1, 0.15) is 11.5 Å². The molecule has 3 aromatic carbocycles. The number of ether oxygens (including phenoxy) is 2. The van der Waals surface area contributed by atoms with E-state index in [-0.39, 0.29) is 5.69 Å². The normalized spacial score (nSPS) is 10.7. The average Bonchev–Trinajstić information content (AvgIpc) is 2.80. The van der Waals surface area contributed by atoms with Gasteiger partial charge in [-0.05, 0) is 66.1 Å². The van der Waals surface area contributed by atoms with Crippen LogP contribution in [0.5, 0.6) is 11.5 Å². The molecule has 0 atom stereocenters. The van der Waals surface area contributed by atoms with Crippen molar-refractivity contribution >= 4 is 17.6 Å². The molecule has 0 fully saturated rings. The van der Waals surface area contributed by atoms with Crippen LogP contribution in [0.3, 0.4) is 0 Å². The molecule has 1 N–H and O–H groups in total. The minimum Gasteiger partial charge on any atom is -0.493 e. The highest BCUT2D eigenvalue weighted by Gasteiger charge is 2.03. The van der Waals surface area contributed by atoms with Crippen LogP contribution in [0, 0.1) is 10.1 Å². The van der Waals surface area contributed by atoms with Gasteiger partial charge in [-0.25, -0.2) is 0 Å². The second kappa shape index (κ2) is 11.3. The number of nitro benzene ring substituents is 1. The molecule has 3 rings (SSSR count). The summed E-state index contributed by atoms with van der Waals surface area (Å²) in [5.41, 5.74) is 5.76. The van der Waals surface area contributed by atoms with E-state index >= 15 is 0 Å². The van der Waals surface area contributed by atoms with Crippen LogP contribution in [0.1, 0.15) is 24.5 Å². The van der Waals surface area contributed by atoms with Crippen molar-refractivity contribution in [2.45, 2.75) is 19.8 Å². The summed E-state index contributed by atoms with van der Waals surface area (Å²) in [6.07, 6.45) is 3.48. The van der Waals surface area contributed by atoms with Gasteiger partial charge in [0.25, 0.3) is 5.69 Å². The molecule has 7 heteroatoms. The van der Waals surface area contributed by atoms with Gasteiger partial charge < -0.3 is 9.47 Å². The fraction of sp³-hybridized carbons (Fsp3) is 0.208. The monoisotopic (exact) mass is 419 g/mol. The Morgan fingerprint density at radius 2 is 1.48 bits per heavy atom. The minimum absolute atomic E-state index is 0.0438. The van der Waals surface area contributed by atoms with Crippen molar-refractivity contribution in [1.82, 2.24) is 0 Å². The molecule has 7 nitrogen and oxygen atoms in total. The highest BCUT2D eigenvalue weighted by atomic mass is 16.6. The number of rotatable bonds is 11. The fourth-order valence-corrected chi connectivity index (χ4v) is 2.75. The molecule has 0 unspecified atom stereocenters. The number of non-ortho nitro benzene ring substituents is 1. The quantitative estimate of drug-likeness (QED) is 0.193. The number of aryl methyl sites for hydroxylation is 1. The summed E-state index contributed by atoms with van der Waals surface area (Å²) in [4.78, 5) is 10.2. The number of benzene rings is 3. The summed E-state index contributed by atoms with van der Waals surface area (Å²) in [5.74, 6) is 1.66. The van der Waals surface area contributed by atoms with E-state index in [0.29, 0.717) is 18.9 Å². The second-order valence-corrected chi connectivity index (χ2v) is 6.79. The van der Waals surface area contributed by atoms with Crippen LogP contribution < -0.4 is 14.9 Å². The van der Waals surface area contributed by atoms with Crippen LogP contribution >= 0.6 is 0 Å². The minimum atomic E-state index is -0.436. The molecule has 0 aromatic heterocycles. The van der Waals surface area contributed by atoms with Crippen LogP contribution in [0.2, 0.25) is 0 Å². The molecule has 0 amide bonds. The van der Waals surface area contributed by atoms with Gasteiger partial charge in [0.2, 0.25) is 0 Å². The molecule has 0 aliphatic carbocycles. The average molecular weight is 419 g/mol. The largest absolute Gasteiger partial charge is 0.493 e. The van der Waals surface area contributed by atoms with Crippen molar-refractivity contribution in [2.24, 2.45) is 5.10 Å². The Labute approximate surface area is 181 Å². The van der Waals surface area contributed by atoms with Crippen molar-refractivity contribution in [3.8, 4) is 11.5 Å². The first-order chi connectivity index (χ1) is 15.1. The first-order valence-electron chi connectivity index (χ1n) is 10.1. The second-order valence-electron chi connectivity index (χ2n) is 6.79. The number of hydrazone groups is 1. The molecule has 0 saturated carbocycles. The van der Waals surface area contributed by atoms with E-state index in [4.69, 9.17) is 9.47 Å². The molecule has 160 valence electrons. The van der Waals surface area contributed by atoms with Gasteiger partial charge in [-0.3, -0.25) is 15.5 Å². The van der Waals surface area contributed by atoms with Gasteiger partial charge in [-0.1, -0.05) is 19.1 Å². The standard InChI is InChI=1S/C24H25N3O4/c1-2-19-4-12-23(13-5-19)30-16-3-17-31-24-14-6-20(7-15-24)18-25-26-21-8-10-22(11-9-21)27(28)29/h4-15,18,26H,2-3,16-17H2,1H3/b25-18-. The van der Waals surface area contributed by atoms with Gasteiger partial charge in [0.15, 0.2) is 0 Å². The molecule has 0 spiro atoms. The number of nitrogens with zero attached hydrogens (tertiary/aromatic N) is 2. The first-order valence-corrected chi connectivity index (χ1v) is 10.1. The number of anilines is 1. The highest BCUT2D eigenvalue weighted by Crippen LogP contribution is 2.16. The lowest BCUT2D eigenvalue weighted by Crippen LogP contribution is -2.05. The molecule has 0 radical (unpaired) electrons. The Hall–Kier alpha value is -3.87. The van der Waals surface area contributed by atoms with E-state index in [1.807, 2.05) is 36.4 Å². The molecule has 0 heterocycles. The SMILES string of the molecule is CCc1ccc(OCCCOc2ccc(/C=N\Nc3ccc([N+](=O)[O-])cc3)cc2)cc1. The van der Waals surface area contributed by atoms with E-state index in [1.165, 1.54) is 17.7 Å². The van der Waals surface area contributed by atoms with E-state index in [2.05, 4.69) is 29.6 Å². The Balaban J connectivity index is 1.36. The zero-order valence-corrected chi connectivity index (χ0v) is 17.4. The maximum absolute atomic E-state index is 10.7. The van der Waals surface area contributed by atoms with Crippen molar-refractivity contribution in [3.05, 3.63) is 94.0 Å². The van der Waals surface area contributed by atoms with E-state index in [0.717, 1.165) is 29.9 Å². The molecule has 3 aromatic rings. The molecular formula is C24H25N3O4. The Morgan fingerprint density at radius 3 is 2.03 bits per heavy atom. The summed E-state index contributed by atoms with van der Waals surface area (Å²) < 4.78 is 11.5. The number of nitro groups is 1. The van der Waals surface area contributed by atoms with Crippen LogP contribution in [-0.2, 0) is 6.42 Å². The first kappa shape index (κ1) is 21.8. The lowest BCUT2D eigenvalue weighted by Gasteiger charge is -2.08. The van der Waals surface area contributed by atoms with Gasteiger partial charge in [0, 0.05) is 18.6 Å². The van der Waals surface area contributed by atoms with Crippen molar-refractivity contribution in [3.63, 3.8) is 0 Å². The van der Waals surface area contributed by atoms with E-state index in [9.17, 15) is 10.1 Å². The lowest BCUT2D eigenvalue weighted by atomic mass is 10.2. The summed E-state index contributed by atoms with van der Waals surface area (Å²) in [7, 11) is 0. The predicted octanol–water partition coefficient (Wildman–Crippen LogP) is 5.45. The van der Waals surface area contributed by atoms with E-state index in [1.54, 1.807) is 18.3 Å². The van der Waals surface area contributed by atoms with Crippen LogP contribution in [0.4, 0.5) is 11.4 Å². The van der Waals surface area contributed by atoms with Crippen molar-refractivity contribution < 1.29 is 14.4 Å². The van der Waals surface area contributed by atoms with E-state index < -0.39 is 4.92 Å². The summed E-state index contributed by atoms with van der Waals surface area (Å²) in [6, 6.07) is 21.8. The maximum Gasteiger partial charge on any atom is 0.269 e. The third-order valence-electron chi connectivity index (χ3n) is 4.52. The molecule has 31 heavy (non-hydrogen) atoms. The van der Waals surface area contributed by atoms with Crippen molar-refractivity contribution in [2.75, 3.05) is 18.6 Å². The molecule has 0 aliphatic rings. The molecule has 0 saturated heterocycles. The number of hydrogen-bond acceptors (Lipinski definition) is 6. The lowest BCUT2D eigenvalue weighted by molar-refractivity contribution is -0.384. The molecule has 0 bridgehead atoms. The zero-order chi connectivity index (χ0) is 21.9. The topological polar surface area (TPSA) is 86.0 Å². The third-order valence-corrected chi connectivity index (χ3v) is 4.52. The zero-order valence-electron chi connectivity index (χ0n) is 17.4. The summed E-state index contributed by atoms with van der Waals surface area (Å²) in [5, 5.41) is 14.8. The maximum atomic E-state index is 10.7. The van der Waals surface area contributed by atoms with Crippen LogP contribution in [-0.4, -0.2) is 24.4 Å². The van der Waals surface area contributed by atoms with Gasteiger partial charge >= 0.3 is 0 Å². The van der Waals surface area contributed by atoms with Gasteiger partial charge in [-0.2, -0.15) is 5.10 Å². The fourth-order valence-electron chi connectivity index (χ4n) is 2.75. The van der Waals surface area contributed by atoms with Crippen molar-refractivity contribution in [1.29, 1.82) is 0 Å². The highest BCUT2D eigenvalue weighted by molar-refractivity contribution is 5.80. The van der Waals surface area contributed by atoms with Gasteiger partial charge in [-0.15, -0.1) is 0 Å². The third kappa shape index (κ3) is 7.15. The van der Waals surface area contributed by atoms with Crippen LogP contribution in [0.25, 0.3) is 0 Å². The molecule has 0 aliphatic heterocycles. The van der Waals surface area contributed by atoms with Crippen LogP contribution in [0.15, 0.2) is 77.9 Å². The Bertz CT molecular complexity index is 985. The predicted molar refractivity (Wildman–Crippen MR) is 122 cm³/mol. The Kier molecular flexibility index (Phi) is 7.99. The number of nitrogens with one attached hydrogen (secondary N) is 1. The molecular weight excluding hydrogens is 394 g/mol. The smallest absolute Gasteiger partial charge is 0.269 e. The summed E-state index contributed by atoms with van der Waals surface area (Å²) in [6.45, 7) is 3.30. The summed E-state index contributed by atoms with van der Waals surface area (Å²) >= 11 is 0. The Morgan fingerprint density at radius 1 is 0.903 bits per heavy atom. The number of hydrogen-bond donors (Lipinski definition) is 1.